The van der Waals surface area contributed by atoms with Gasteiger partial charge in [0.15, 0.2) is 0 Å². The first-order chi connectivity index (χ1) is 8.95. The standard InChI is InChI=1S/C15H23BrN2O/c1-15(2,12-6-4-7-13(16)10-12)11-18-14(19)8-5-9-17-3/h4,6-7,10,17H,5,8-9,11H2,1-3H3,(H,18,19). The Labute approximate surface area is 124 Å². The monoisotopic (exact) mass is 326 g/mol. The van der Waals surface area contributed by atoms with Crippen LogP contribution >= 0.6 is 15.9 Å². The van der Waals surface area contributed by atoms with Crippen LogP contribution in [0.25, 0.3) is 0 Å². The summed E-state index contributed by atoms with van der Waals surface area (Å²) < 4.78 is 1.07. The van der Waals surface area contributed by atoms with E-state index in [9.17, 15) is 4.79 Å². The van der Waals surface area contributed by atoms with Gasteiger partial charge in [-0.25, -0.2) is 0 Å². The van der Waals surface area contributed by atoms with Crippen LogP contribution in [0.5, 0.6) is 0 Å². The van der Waals surface area contributed by atoms with Gasteiger partial charge in [0, 0.05) is 22.9 Å². The predicted molar refractivity (Wildman–Crippen MR) is 83.3 cm³/mol. The third-order valence-corrected chi connectivity index (χ3v) is 3.66. The van der Waals surface area contributed by atoms with Crippen LogP contribution < -0.4 is 10.6 Å². The molecule has 0 atom stereocenters. The predicted octanol–water partition coefficient (Wildman–Crippen LogP) is 2.84. The van der Waals surface area contributed by atoms with Gasteiger partial charge in [-0.3, -0.25) is 4.79 Å². The first kappa shape index (κ1) is 16.2. The van der Waals surface area contributed by atoms with Crippen molar-refractivity contribution >= 4 is 21.8 Å². The van der Waals surface area contributed by atoms with E-state index in [-0.39, 0.29) is 11.3 Å². The number of halogens is 1. The van der Waals surface area contributed by atoms with Gasteiger partial charge in [0.25, 0.3) is 0 Å². The Hall–Kier alpha value is -0.870. The quantitative estimate of drug-likeness (QED) is 0.756. The number of hydrogen-bond donors (Lipinski definition) is 2. The van der Waals surface area contributed by atoms with Gasteiger partial charge in [-0.1, -0.05) is 41.9 Å². The highest BCUT2D eigenvalue weighted by Gasteiger charge is 2.21. The maximum Gasteiger partial charge on any atom is 0.220 e. The Morgan fingerprint density at radius 3 is 2.74 bits per heavy atom. The number of carbonyl (C=O) groups excluding carboxylic acids is 1. The van der Waals surface area contributed by atoms with E-state index < -0.39 is 0 Å². The lowest BCUT2D eigenvalue weighted by Gasteiger charge is -2.26. The fourth-order valence-electron chi connectivity index (χ4n) is 1.85. The number of hydrogen-bond acceptors (Lipinski definition) is 2. The summed E-state index contributed by atoms with van der Waals surface area (Å²) in [5.74, 6) is 0.123. The molecule has 0 saturated carbocycles. The first-order valence-corrected chi connectivity index (χ1v) is 7.42. The van der Waals surface area contributed by atoms with E-state index in [1.54, 1.807) is 0 Å². The van der Waals surface area contributed by atoms with Gasteiger partial charge < -0.3 is 10.6 Å². The minimum Gasteiger partial charge on any atom is -0.355 e. The van der Waals surface area contributed by atoms with Crippen molar-refractivity contribution < 1.29 is 4.79 Å². The molecule has 0 aliphatic carbocycles. The average Bonchev–Trinajstić information content (AvgIpc) is 2.37. The molecule has 106 valence electrons. The molecule has 19 heavy (non-hydrogen) atoms. The van der Waals surface area contributed by atoms with Crippen molar-refractivity contribution in [2.75, 3.05) is 20.1 Å². The lowest BCUT2D eigenvalue weighted by Crippen LogP contribution is -2.36. The van der Waals surface area contributed by atoms with E-state index in [4.69, 9.17) is 0 Å². The molecule has 2 N–H and O–H groups in total. The van der Waals surface area contributed by atoms with Gasteiger partial charge in [-0.05, 0) is 37.7 Å². The summed E-state index contributed by atoms with van der Waals surface area (Å²) in [5.41, 5.74) is 1.15. The second kappa shape index (κ2) is 7.65. The summed E-state index contributed by atoms with van der Waals surface area (Å²) in [7, 11) is 1.90. The fraction of sp³-hybridized carbons (Fsp3) is 0.533. The molecule has 1 rings (SSSR count). The minimum absolute atomic E-state index is 0.0670. The summed E-state index contributed by atoms with van der Waals surface area (Å²) >= 11 is 3.48. The minimum atomic E-state index is -0.0670. The zero-order valence-corrected chi connectivity index (χ0v) is 13.5. The van der Waals surface area contributed by atoms with Crippen LogP contribution in [-0.4, -0.2) is 26.0 Å². The van der Waals surface area contributed by atoms with Crippen LogP contribution in [0.1, 0.15) is 32.3 Å². The van der Waals surface area contributed by atoms with Gasteiger partial charge >= 0.3 is 0 Å². The van der Waals surface area contributed by atoms with Crippen molar-refractivity contribution in [3.8, 4) is 0 Å². The van der Waals surface area contributed by atoms with E-state index in [0.717, 1.165) is 17.4 Å². The summed E-state index contributed by atoms with van der Waals surface area (Å²) in [6, 6.07) is 8.23. The van der Waals surface area contributed by atoms with Crippen LogP contribution in [0, 0.1) is 0 Å². The summed E-state index contributed by atoms with van der Waals surface area (Å²) in [4.78, 5) is 11.7. The number of benzene rings is 1. The van der Waals surface area contributed by atoms with E-state index in [1.165, 1.54) is 5.56 Å². The molecule has 0 bridgehead atoms. The molecular formula is C15H23BrN2O. The molecule has 4 heteroatoms. The van der Waals surface area contributed by atoms with Crippen molar-refractivity contribution in [3.05, 3.63) is 34.3 Å². The Morgan fingerprint density at radius 2 is 2.11 bits per heavy atom. The van der Waals surface area contributed by atoms with Crippen molar-refractivity contribution in [3.63, 3.8) is 0 Å². The third kappa shape index (κ3) is 5.74. The van der Waals surface area contributed by atoms with Gasteiger partial charge in [0.1, 0.15) is 0 Å². The average molecular weight is 327 g/mol. The van der Waals surface area contributed by atoms with Crippen LogP contribution in [0.4, 0.5) is 0 Å². The van der Waals surface area contributed by atoms with Crippen molar-refractivity contribution in [1.82, 2.24) is 10.6 Å². The van der Waals surface area contributed by atoms with Gasteiger partial charge in [-0.15, -0.1) is 0 Å². The molecule has 0 aliphatic rings. The molecule has 3 nitrogen and oxygen atoms in total. The van der Waals surface area contributed by atoms with Crippen LogP contribution in [-0.2, 0) is 10.2 Å². The zero-order valence-electron chi connectivity index (χ0n) is 11.9. The SMILES string of the molecule is CNCCCC(=O)NCC(C)(C)c1cccc(Br)c1. The normalized spacial score (nSPS) is 11.4. The first-order valence-electron chi connectivity index (χ1n) is 6.63. The summed E-state index contributed by atoms with van der Waals surface area (Å²) in [6.45, 7) is 5.82. The zero-order chi connectivity index (χ0) is 14.3. The molecule has 0 unspecified atom stereocenters. The Balaban J connectivity index is 2.48. The molecule has 0 spiro atoms. The van der Waals surface area contributed by atoms with Crippen LogP contribution in [0.15, 0.2) is 28.7 Å². The topological polar surface area (TPSA) is 41.1 Å². The fourth-order valence-corrected chi connectivity index (χ4v) is 2.24. The third-order valence-electron chi connectivity index (χ3n) is 3.16. The smallest absolute Gasteiger partial charge is 0.220 e. The molecule has 1 aromatic rings. The van der Waals surface area contributed by atoms with E-state index >= 15 is 0 Å². The lowest BCUT2D eigenvalue weighted by molar-refractivity contribution is -0.121. The Morgan fingerprint density at radius 1 is 1.37 bits per heavy atom. The summed E-state index contributed by atoms with van der Waals surface area (Å²) in [6.07, 6.45) is 1.45. The molecule has 0 radical (unpaired) electrons. The molecule has 0 fully saturated rings. The number of amides is 1. The molecule has 0 saturated heterocycles. The van der Waals surface area contributed by atoms with Crippen molar-refractivity contribution in [2.24, 2.45) is 0 Å². The Bertz CT molecular complexity index is 418. The van der Waals surface area contributed by atoms with E-state index in [0.29, 0.717) is 13.0 Å². The molecule has 0 aromatic heterocycles. The molecular weight excluding hydrogens is 304 g/mol. The van der Waals surface area contributed by atoms with Crippen LogP contribution in [0.2, 0.25) is 0 Å². The van der Waals surface area contributed by atoms with Crippen molar-refractivity contribution in [2.45, 2.75) is 32.1 Å². The van der Waals surface area contributed by atoms with Crippen molar-refractivity contribution in [1.29, 1.82) is 0 Å². The van der Waals surface area contributed by atoms with Gasteiger partial charge in [0.05, 0.1) is 0 Å². The number of carbonyl (C=O) groups is 1. The summed E-state index contributed by atoms with van der Waals surface area (Å²) in [5, 5.41) is 6.06. The van der Waals surface area contributed by atoms with Crippen LogP contribution in [0.3, 0.4) is 0 Å². The molecule has 0 heterocycles. The maximum atomic E-state index is 11.7. The molecule has 0 aliphatic heterocycles. The highest BCUT2D eigenvalue weighted by molar-refractivity contribution is 9.10. The second-order valence-electron chi connectivity index (χ2n) is 5.38. The second-order valence-corrected chi connectivity index (χ2v) is 6.29. The maximum absolute atomic E-state index is 11.7. The molecule has 1 amide bonds. The lowest BCUT2D eigenvalue weighted by atomic mass is 9.84. The molecule has 1 aromatic carbocycles. The number of rotatable bonds is 7. The highest BCUT2D eigenvalue weighted by Crippen LogP contribution is 2.25. The van der Waals surface area contributed by atoms with E-state index in [1.807, 2.05) is 19.2 Å². The largest absolute Gasteiger partial charge is 0.355 e. The van der Waals surface area contributed by atoms with E-state index in [2.05, 4.69) is 52.5 Å². The Kier molecular flexibility index (Phi) is 6.52. The van der Waals surface area contributed by atoms with Gasteiger partial charge in [0.2, 0.25) is 5.91 Å². The highest BCUT2D eigenvalue weighted by atomic mass is 79.9. The number of nitrogens with one attached hydrogen (secondary N) is 2. The van der Waals surface area contributed by atoms with Gasteiger partial charge in [-0.2, -0.15) is 0 Å².